The first-order valence-corrected chi connectivity index (χ1v) is 15.8. The molecule has 0 aromatic carbocycles. The summed E-state index contributed by atoms with van der Waals surface area (Å²) in [6, 6.07) is 0. The van der Waals surface area contributed by atoms with Gasteiger partial charge in [0.1, 0.15) is 5.60 Å². The highest BCUT2D eigenvalue weighted by Crippen LogP contribution is 2.57. The first kappa shape index (κ1) is 27.0. The number of carbonyl (C=O) groups is 1. The average Bonchev–Trinajstić information content (AvgIpc) is 3.71. The molecule has 4 heteroatoms. The highest BCUT2D eigenvalue weighted by Gasteiger charge is 2.53. The molecule has 1 aliphatic heterocycles. The maximum absolute atomic E-state index is 12.6. The quantitative estimate of drug-likeness (QED) is 0.350. The Labute approximate surface area is 221 Å². The van der Waals surface area contributed by atoms with Crippen molar-refractivity contribution in [1.29, 1.82) is 0 Å². The highest BCUT2D eigenvalue weighted by molar-refractivity contribution is 5.74. The minimum Gasteiger partial charge on any atom is -0.459 e. The zero-order chi connectivity index (χ0) is 25.4. The van der Waals surface area contributed by atoms with Crippen LogP contribution in [0.3, 0.4) is 0 Å². The van der Waals surface area contributed by atoms with Crippen LogP contribution < -0.4 is 0 Å². The summed E-state index contributed by atoms with van der Waals surface area (Å²) in [6.45, 7) is 13.6. The maximum Gasteiger partial charge on any atom is 0.309 e. The molecule has 4 nitrogen and oxygen atoms in total. The molecule has 10 atom stereocenters. The van der Waals surface area contributed by atoms with Crippen LogP contribution in [-0.4, -0.2) is 31.1 Å². The van der Waals surface area contributed by atoms with E-state index in [1.54, 1.807) is 0 Å². The number of hydrogen-bond donors (Lipinski definition) is 0. The molecule has 0 amide bonds. The Morgan fingerprint density at radius 3 is 1.94 bits per heavy atom. The second-order valence-corrected chi connectivity index (χ2v) is 13.9. The van der Waals surface area contributed by atoms with E-state index in [0.717, 1.165) is 93.2 Å². The van der Waals surface area contributed by atoms with E-state index in [9.17, 15) is 4.79 Å². The van der Waals surface area contributed by atoms with E-state index in [0.29, 0.717) is 11.8 Å². The minimum atomic E-state index is -0.103. The molecule has 36 heavy (non-hydrogen) atoms. The fraction of sp³-hybridized carbons (Fsp3) is 0.969. The Morgan fingerprint density at radius 2 is 1.39 bits per heavy atom. The molecule has 6 rings (SSSR count). The fourth-order valence-electron chi connectivity index (χ4n) is 9.53. The number of fused-ring (bicyclic) bond motifs is 4. The maximum atomic E-state index is 12.6. The lowest BCUT2D eigenvalue weighted by molar-refractivity contribution is -0.183. The van der Waals surface area contributed by atoms with Crippen molar-refractivity contribution in [1.82, 2.24) is 0 Å². The molecule has 0 aromatic rings. The molecule has 6 fully saturated rings. The van der Waals surface area contributed by atoms with E-state index in [-0.39, 0.29) is 23.8 Å². The van der Waals surface area contributed by atoms with Crippen LogP contribution in [-0.2, 0) is 19.0 Å². The Kier molecular flexibility index (Phi) is 8.43. The number of carbonyl (C=O) groups excluding carboxylic acids is 1. The molecule has 1 saturated heterocycles. The number of rotatable bonds is 6. The van der Waals surface area contributed by atoms with Crippen LogP contribution in [0, 0.1) is 59.2 Å². The van der Waals surface area contributed by atoms with Gasteiger partial charge >= 0.3 is 5.97 Å². The zero-order valence-corrected chi connectivity index (χ0v) is 23.9. The van der Waals surface area contributed by atoms with Crippen molar-refractivity contribution < 1.29 is 19.0 Å². The lowest BCUT2D eigenvalue weighted by Gasteiger charge is -2.34. The van der Waals surface area contributed by atoms with Crippen LogP contribution in [0.1, 0.15) is 112 Å². The van der Waals surface area contributed by atoms with Crippen molar-refractivity contribution >= 4 is 5.97 Å². The van der Waals surface area contributed by atoms with Gasteiger partial charge in [-0.3, -0.25) is 4.79 Å². The summed E-state index contributed by atoms with van der Waals surface area (Å²) in [5.41, 5.74) is -0.103. The van der Waals surface area contributed by atoms with Crippen molar-refractivity contribution in [3.63, 3.8) is 0 Å². The van der Waals surface area contributed by atoms with E-state index >= 15 is 0 Å². The molecule has 4 bridgehead atoms. The van der Waals surface area contributed by atoms with E-state index in [1.807, 2.05) is 0 Å². The molecule has 10 unspecified atom stereocenters. The molecule has 1 heterocycles. The lowest BCUT2D eigenvalue weighted by Crippen LogP contribution is -2.37. The first-order valence-electron chi connectivity index (χ1n) is 15.8. The van der Waals surface area contributed by atoms with Gasteiger partial charge in [0.15, 0.2) is 6.29 Å². The summed E-state index contributed by atoms with van der Waals surface area (Å²) >= 11 is 0. The summed E-state index contributed by atoms with van der Waals surface area (Å²) in [5, 5.41) is 0. The van der Waals surface area contributed by atoms with Crippen LogP contribution >= 0.6 is 0 Å². The van der Waals surface area contributed by atoms with E-state index in [4.69, 9.17) is 14.2 Å². The van der Waals surface area contributed by atoms with E-state index < -0.39 is 0 Å². The Hall–Kier alpha value is -0.610. The van der Waals surface area contributed by atoms with E-state index in [2.05, 4.69) is 34.6 Å². The Morgan fingerprint density at radius 1 is 0.778 bits per heavy atom. The highest BCUT2D eigenvalue weighted by atomic mass is 16.7. The van der Waals surface area contributed by atoms with Crippen molar-refractivity contribution in [3.8, 4) is 0 Å². The van der Waals surface area contributed by atoms with Gasteiger partial charge in [-0.05, 0) is 130 Å². The normalized spacial score (nSPS) is 45.0. The SMILES string of the molecule is CC1C2CC(CCC3OCCCO3)C(C2)C1C.CCC1(OC(=O)C2CC3CC2C(C)C3C)CCCC1. The third-order valence-electron chi connectivity index (χ3n) is 12.4. The molecule has 206 valence electrons. The summed E-state index contributed by atoms with van der Waals surface area (Å²) in [7, 11) is 0. The molecular formula is C32H54O4. The fourth-order valence-corrected chi connectivity index (χ4v) is 9.53. The van der Waals surface area contributed by atoms with Crippen molar-refractivity contribution in [2.45, 2.75) is 124 Å². The molecular weight excluding hydrogens is 448 g/mol. The topological polar surface area (TPSA) is 44.8 Å². The molecule has 0 aromatic heterocycles. The van der Waals surface area contributed by atoms with Crippen LogP contribution in [0.25, 0.3) is 0 Å². The predicted molar refractivity (Wildman–Crippen MR) is 143 cm³/mol. The van der Waals surface area contributed by atoms with Crippen molar-refractivity contribution in [2.75, 3.05) is 13.2 Å². The third-order valence-corrected chi connectivity index (χ3v) is 12.4. The smallest absolute Gasteiger partial charge is 0.309 e. The van der Waals surface area contributed by atoms with Crippen LogP contribution in [0.15, 0.2) is 0 Å². The Bertz CT molecular complexity index is 734. The summed E-state index contributed by atoms with van der Waals surface area (Å²) in [5.74, 6) is 8.13. The van der Waals surface area contributed by atoms with Gasteiger partial charge in [-0.2, -0.15) is 0 Å². The molecule has 0 radical (unpaired) electrons. The second kappa shape index (κ2) is 11.2. The van der Waals surface area contributed by atoms with Gasteiger partial charge < -0.3 is 14.2 Å². The summed E-state index contributed by atoms with van der Waals surface area (Å²) < 4.78 is 17.3. The number of ether oxygens (including phenoxy) is 3. The molecule has 0 N–H and O–H groups in total. The van der Waals surface area contributed by atoms with Crippen LogP contribution in [0.2, 0.25) is 0 Å². The van der Waals surface area contributed by atoms with E-state index in [1.165, 1.54) is 38.5 Å². The predicted octanol–water partition coefficient (Wildman–Crippen LogP) is 7.64. The van der Waals surface area contributed by atoms with Gasteiger partial charge in [0.05, 0.1) is 19.1 Å². The van der Waals surface area contributed by atoms with Gasteiger partial charge in [-0.1, -0.05) is 34.6 Å². The molecule has 6 aliphatic rings. The molecule has 5 aliphatic carbocycles. The summed E-state index contributed by atoms with van der Waals surface area (Å²) in [4.78, 5) is 12.6. The van der Waals surface area contributed by atoms with Crippen LogP contribution in [0.4, 0.5) is 0 Å². The van der Waals surface area contributed by atoms with Crippen molar-refractivity contribution in [2.24, 2.45) is 59.2 Å². The van der Waals surface area contributed by atoms with Gasteiger partial charge in [0, 0.05) is 0 Å². The zero-order valence-electron chi connectivity index (χ0n) is 23.9. The minimum absolute atomic E-state index is 0.103. The van der Waals surface area contributed by atoms with Gasteiger partial charge in [0.2, 0.25) is 0 Å². The molecule has 5 saturated carbocycles. The first-order chi connectivity index (χ1) is 17.3. The average molecular weight is 503 g/mol. The van der Waals surface area contributed by atoms with Gasteiger partial charge in [-0.15, -0.1) is 0 Å². The van der Waals surface area contributed by atoms with Gasteiger partial charge in [-0.25, -0.2) is 0 Å². The molecule has 0 spiro atoms. The number of esters is 1. The largest absolute Gasteiger partial charge is 0.459 e. The van der Waals surface area contributed by atoms with Crippen molar-refractivity contribution in [3.05, 3.63) is 0 Å². The second-order valence-electron chi connectivity index (χ2n) is 13.9. The number of hydrogen-bond acceptors (Lipinski definition) is 4. The monoisotopic (exact) mass is 502 g/mol. The Balaban J connectivity index is 0.000000149. The third kappa shape index (κ3) is 5.29. The van der Waals surface area contributed by atoms with Crippen LogP contribution in [0.5, 0.6) is 0 Å². The summed E-state index contributed by atoms with van der Waals surface area (Å²) in [6.07, 6.45) is 14.6. The standard InChI is InChI=1S/C17H28O2.C15H26O2/c1-4-17(7-5-6-8-17)19-16(18)15-10-13-9-14(15)12(3)11(13)2;1-10-11(2)14-9-13(10)8-12(14)4-5-15-16-6-3-7-17-15/h11-15H,4-10H2,1-3H3;10-15H,3-9H2,1-2H3. The van der Waals surface area contributed by atoms with Gasteiger partial charge in [0.25, 0.3) is 0 Å². The lowest BCUT2D eigenvalue weighted by atomic mass is 9.74.